The van der Waals surface area contributed by atoms with Crippen molar-refractivity contribution in [2.45, 2.75) is 39.0 Å². The first-order valence-corrected chi connectivity index (χ1v) is 8.21. The third kappa shape index (κ3) is 3.48. The van der Waals surface area contributed by atoms with Gasteiger partial charge < -0.3 is 10.0 Å². The lowest BCUT2D eigenvalue weighted by Gasteiger charge is -2.24. The molecular formula is C18H22FN3O2. The Morgan fingerprint density at radius 1 is 1.46 bits per heavy atom. The number of rotatable bonds is 4. The Labute approximate surface area is 140 Å². The van der Waals surface area contributed by atoms with Gasteiger partial charge >= 0.3 is 0 Å². The molecule has 0 unspecified atom stereocenters. The van der Waals surface area contributed by atoms with Gasteiger partial charge in [0.25, 0.3) is 5.91 Å². The molecule has 1 N–H and O–H groups in total. The van der Waals surface area contributed by atoms with E-state index >= 15 is 0 Å². The van der Waals surface area contributed by atoms with Gasteiger partial charge in [0.1, 0.15) is 5.82 Å². The lowest BCUT2D eigenvalue weighted by molar-refractivity contribution is 0.0715. The minimum atomic E-state index is -0.604. The highest BCUT2D eigenvalue weighted by Crippen LogP contribution is 2.33. The summed E-state index contributed by atoms with van der Waals surface area (Å²) in [7, 11) is 0. The highest BCUT2D eigenvalue weighted by molar-refractivity contribution is 5.94. The summed E-state index contributed by atoms with van der Waals surface area (Å²) in [6.07, 6.45) is 3.09. The molecule has 1 fully saturated rings. The Balaban J connectivity index is 1.83. The van der Waals surface area contributed by atoms with Crippen molar-refractivity contribution in [3.63, 3.8) is 0 Å². The number of aromatic nitrogens is 2. The molecule has 0 bridgehead atoms. The van der Waals surface area contributed by atoms with E-state index in [1.807, 2.05) is 0 Å². The van der Waals surface area contributed by atoms with Crippen LogP contribution in [0.2, 0.25) is 0 Å². The molecule has 1 saturated heterocycles. The topological polar surface area (TPSA) is 58.4 Å². The van der Waals surface area contributed by atoms with Crippen molar-refractivity contribution in [3.05, 3.63) is 53.6 Å². The van der Waals surface area contributed by atoms with Crippen molar-refractivity contribution >= 4 is 5.91 Å². The molecule has 1 aromatic carbocycles. The van der Waals surface area contributed by atoms with Gasteiger partial charge in [-0.15, -0.1) is 0 Å². The molecule has 2 aromatic rings. The van der Waals surface area contributed by atoms with Crippen LogP contribution in [-0.2, 0) is 6.54 Å². The number of aliphatic hydroxyl groups excluding tert-OH is 1. The summed E-state index contributed by atoms with van der Waals surface area (Å²) in [5.41, 5.74) is 1.20. The zero-order valence-electron chi connectivity index (χ0n) is 13.9. The maximum Gasteiger partial charge on any atom is 0.257 e. The normalized spacial score (nSPS) is 20.8. The van der Waals surface area contributed by atoms with Crippen LogP contribution in [0.1, 0.15) is 42.2 Å². The number of likely N-dealkylation sites (tertiary alicyclic amines) is 1. The molecular weight excluding hydrogens is 309 g/mol. The highest BCUT2D eigenvalue weighted by atomic mass is 19.1. The van der Waals surface area contributed by atoms with Crippen LogP contribution >= 0.6 is 0 Å². The fourth-order valence-electron chi connectivity index (χ4n) is 3.18. The van der Waals surface area contributed by atoms with E-state index < -0.39 is 6.10 Å². The molecule has 2 heterocycles. The number of benzene rings is 1. The van der Waals surface area contributed by atoms with Crippen molar-refractivity contribution in [2.24, 2.45) is 5.92 Å². The summed E-state index contributed by atoms with van der Waals surface area (Å²) >= 11 is 0. The molecule has 6 heteroatoms. The summed E-state index contributed by atoms with van der Waals surface area (Å²) in [6.45, 7) is 5.15. The summed E-state index contributed by atoms with van der Waals surface area (Å²) < 4.78 is 15.3. The first-order chi connectivity index (χ1) is 11.4. The van der Waals surface area contributed by atoms with Gasteiger partial charge in [-0.2, -0.15) is 5.10 Å². The number of aliphatic hydroxyl groups is 1. The Bertz CT molecular complexity index is 729. The predicted molar refractivity (Wildman–Crippen MR) is 87.9 cm³/mol. The van der Waals surface area contributed by atoms with Gasteiger partial charge in [0.2, 0.25) is 0 Å². The van der Waals surface area contributed by atoms with Crippen molar-refractivity contribution in [1.82, 2.24) is 14.7 Å². The molecule has 0 saturated carbocycles. The molecule has 1 aliphatic heterocycles. The minimum Gasteiger partial charge on any atom is -0.391 e. The first-order valence-electron chi connectivity index (χ1n) is 8.21. The van der Waals surface area contributed by atoms with Crippen LogP contribution in [0.3, 0.4) is 0 Å². The monoisotopic (exact) mass is 331 g/mol. The van der Waals surface area contributed by atoms with Crippen LogP contribution in [0, 0.1) is 11.7 Å². The van der Waals surface area contributed by atoms with E-state index in [0.717, 1.165) is 6.54 Å². The summed E-state index contributed by atoms with van der Waals surface area (Å²) in [5, 5.41) is 14.2. The molecule has 5 nitrogen and oxygen atoms in total. The smallest absolute Gasteiger partial charge is 0.257 e. The van der Waals surface area contributed by atoms with Crippen LogP contribution in [0.5, 0.6) is 0 Å². The Morgan fingerprint density at radius 2 is 2.25 bits per heavy atom. The summed E-state index contributed by atoms with van der Waals surface area (Å²) in [6, 6.07) is 5.88. The number of carbonyl (C=O) groups excluding carboxylic acids is 1. The van der Waals surface area contributed by atoms with E-state index in [9.17, 15) is 14.3 Å². The molecule has 0 spiro atoms. The van der Waals surface area contributed by atoms with E-state index in [1.165, 1.54) is 12.1 Å². The average Bonchev–Trinajstić information content (AvgIpc) is 3.12. The van der Waals surface area contributed by atoms with Crippen LogP contribution in [0.4, 0.5) is 4.39 Å². The number of halogens is 1. The van der Waals surface area contributed by atoms with Crippen LogP contribution in [-0.4, -0.2) is 38.3 Å². The van der Waals surface area contributed by atoms with Crippen molar-refractivity contribution in [3.8, 4) is 0 Å². The summed E-state index contributed by atoms with van der Waals surface area (Å²) in [4.78, 5) is 14.4. The molecule has 0 radical (unpaired) electrons. The maximum atomic E-state index is 13.5. The van der Waals surface area contributed by atoms with Crippen LogP contribution in [0.25, 0.3) is 0 Å². The largest absolute Gasteiger partial charge is 0.391 e. The van der Waals surface area contributed by atoms with Crippen LogP contribution in [0.15, 0.2) is 36.7 Å². The molecule has 1 amide bonds. The number of hydrogen-bond donors (Lipinski definition) is 1. The first kappa shape index (κ1) is 16.6. The van der Waals surface area contributed by atoms with E-state index in [4.69, 9.17) is 0 Å². The van der Waals surface area contributed by atoms with Gasteiger partial charge in [-0.05, 0) is 30.0 Å². The highest BCUT2D eigenvalue weighted by Gasteiger charge is 2.36. The second-order valence-corrected chi connectivity index (χ2v) is 6.76. The molecule has 1 aromatic heterocycles. The number of amides is 1. The van der Waals surface area contributed by atoms with E-state index in [0.29, 0.717) is 23.5 Å². The van der Waals surface area contributed by atoms with Gasteiger partial charge in [0.15, 0.2) is 0 Å². The van der Waals surface area contributed by atoms with Crippen molar-refractivity contribution < 1.29 is 14.3 Å². The molecule has 24 heavy (non-hydrogen) atoms. The van der Waals surface area contributed by atoms with Crippen LogP contribution < -0.4 is 0 Å². The molecule has 0 aliphatic carbocycles. The molecule has 128 valence electrons. The van der Waals surface area contributed by atoms with Gasteiger partial charge in [-0.1, -0.05) is 26.0 Å². The molecule has 2 atom stereocenters. The standard InChI is InChI=1S/C18H22FN3O2/c1-12(2)9-21-10-14(8-20-21)18(24)22-11-16(23)7-17(22)13-4-3-5-15(19)6-13/h3-6,8,10,12,16-17,23H,7,9,11H2,1-2H3/t16-,17+/m1/s1. The van der Waals surface area contributed by atoms with Gasteiger partial charge in [0, 0.05) is 19.3 Å². The van der Waals surface area contributed by atoms with Gasteiger partial charge in [-0.3, -0.25) is 9.48 Å². The van der Waals surface area contributed by atoms with Gasteiger partial charge in [-0.25, -0.2) is 4.39 Å². The quantitative estimate of drug-likeness (QED) is 0.937. The van der Waals surface area contributed by atoms with Gasteiger partial charge in [0.05, 0.1) is 23.9 Å². The third-order valence-electron chi connectivity index (χ3n) is 4.21. The van der Waals surface area contributed by atoms with Crippen molar-refractivity contribution in [2.75, 3.05) is 6.54 Å². The Hall–Kier alpha value is -2.21. The fraction of sp³-hybridized carbons (Fsp3) is 0.444. The summed E-state index contributed by atoms with van der Waals surface area (Å²) in [5.74, 6) is -0.0941. The second kappa shape index (κ2) is 6.73. The second-order valence-electron chi connectivity index (χ2n) is 6.76. The van der Waals surface area contributed by atoms with E-state index in [1.54, 1.807) is 34.1 Å². The minimum absolute atomic E-state index is 0.184. The maximum absolute atomic E-state index is 13.5. The zero-order valence-corrected chi connectivity index (χ0v) is 13.9. The predicted octanol–water partition coefficient (Wildman–Crippen LogP) is 2.63. The average molecular weight is 331 g/mol. The fourth-order valence-corrected chi connectivity index (χ4v) is 3.18. The van der Waals surface area contributed by atoms with E-state index in [-0.39, 0.29) is 24.3 Å². The molecule has 1 aliphatic rings. The number of nitrogens with zero attached hydrogens (tertiary/aromatic N) is 3. The van der Waals surface area contributed by atoms with E-state index in [2.05, 4.69) is 18.9 Å². The Kier molecular flexibility index (Phi) is 4.66. The number of hydrogen-bond acceptors (Lipinski definition) is 3. The number of β-amino-alcohol motifs (C(OH)–C–C–N with tert-alkyl or cyclic N) is 1. The lowest BCUT2D eigenvalue weighted by Crippen LogP contribution is -2.31. The zero-order chi connectivity index (χ0) is 17.3. The lowest BCUT2D eigenvalue weighted by atomic mass is 10.0. The number of carbonyl (C=O) groups is 1. The SMILES string of the molecule is CC(C)Cn1cc(C(=O)N2C[C@H](O)C[C@H]2c2cccc(F)c2)cn1. The third-order valence-corrected chi connectivity index (χ3v) is 4.21. The Morgan fingerprint density at radius 3 is 2.96 bits per heavy atom. The van der Waals surface area contributed by atoms with Crippen molar-refractivity contribution in [1.29, 1.82) is 0 Å². The molecule has 3 rings (SSSR count).